The first-order chi connectivity index (χ1) is 7.13. The SMILES string of the molecule is Cc1nc(NCC(C)CCN)ccc1Br. The summed E-state index contributed by atoms with van der Waals surface area (Å²) >= 11 is 3.43. The highest BCUT2D eigenvalue weighted by atomic mass is 79.9. The first kappa shape index (κ1) is 12.5. The zero-order chi connectivity index (χ0) is 11.3. The Morgan fingerprint density at radius 3 is 2.87 bits per heavy atom. The molecule has 0 aliphatic heterocycles. The highest BCUT2D eigenvalue weighted by molar-refractivity contribution is 9.10. The van der Waals surface area contributed by atoms with E-state index in [2.05, 4.69) is 33.2 Å². The Balaban J connectivity index is 2.47. The third kappa shape index (κ3) is 4.18. The van der Waals surface area contributed by atoms with Gasteiger partial charge in [-0.2, -0.15) is 0 Å². The molecular formula is C11H18BrN3. The summed E-state index contributed by atoms with van der Waals surface area (Å²) in [6, 6.07) is 3.99. The van der Waals surface area contributed by atoms with E-state index in [1.54, 1.807) is 0 Å². The van der Waals surface area contributed by atoms with E-state index in [1.165, 1.54) is 0 Å². The molecule has 15 heavy (non-hydrogen) atoms. The Kier molecular flexibility index (Phi) is 5.05. The van der Waals surface area contributed by atoms with E-state index in [4.69, 9.17) is 5.73 Å². The summed E-state index contributed by atoms with van der Waals surface area (Å²) in [5, 5.41) is 3.31. The van der Waals surface area contributed by atoms with Crippen LogP contribution in [0.3, 0.4) is 0 Å². The minimum Gasteiger partial charge on any atom is -0.370 e. The van der Waals surface area contributed by atoms with E-state index < -0.39 is 0 Å². The number of nitrogens with two attached hydrogens (primary N) is 1. The molecule has 0 amide bonds. The Labute approximate surface area is 99.6 Å². The Morgan fingerprint density at radius 1 is 1.53 bits per heavy atom. The molecule has 0 radical (unpaired) electrons. The van der Waals surface area contributed by atoms with E-state index in [1.807, 2.05) is 19.1 Å². The standard InChI is InChI=1S/C11H18BrN3/c1-8(5-6-13)7-14-11-4-3-10(12)9(2)15-11/h3-4,8H,5-7,13H2,1-2H3,(H,14,15). The Morgan fingerprint density at radius 2 is 2.27 bits per heavy atom. The molecule has 0 spiro atoms. The van der Waals surface area contributed by atoms with Gasteiger partial charge in [0.2, 0.25) is 0 Å². The monoisotopic (exact) mass is 271 g/mol. The van der Waals surface area contributed by atoms with Crippen LogP contribution >= 0.6 is 15.9 Å². The third-order valence-electron chi connectivity index (χ3n) is 2.31. The fourth-order valence-electron chi connectivity index (χ4n) is 1.31. The van der Waals surface area contributed by atoms with Crippen LogP contribution in [0.4, 0.5) is 5.82 Å². The largest absolute Gasteiger partial charge is 0.370 e. The summed E-state index contributed by atoms with van der Waals surface area (Å²) in [5.41, 5.74) is 6.50. The van der Waals surface area contributed by atoms with Crippen molar-refractivity contribution in [1.29, 1.82) is 0 Å². The number of rotatable bonds is 5. The minimum absolute atomic E-state index is 0.584. The van der Waals surface area contributed by atoms with Crippen molar-refractivity contribution in [2.75, 3.05) is 18.4 Å². The number of nitrogens with one attached hydrogen (secondary N) is 1. The smallest absolute Gasteiger partial charge is 0.126 e. The lowest BCUT2D eigenvalue weighted by molar-refractivity contribution is 0.567. The molecule has 3 nitrogen and oxygen atoms in total. The molecule has 0 aliphatic rings. The summed E-state index contributed by atoms with van der Waals surface area (Å²) in [7, 11) is 0. The summed E-state index contributed by atoms with van der Waals surface area (Å²) < 4.78 is 1.04. The van der Waals surface area contributed by atoms with Crippen LogP contribution in [0.1, 0.15) is 19.0 Å². The second kappa shape index (κ2) is 6.08. The van der Waals surface area contributed by atoms with E-state index >= 15 is 0 Å². The van der Waals surface area contributed by atoms with Gasteiger partial charge in [0.25, 0.3) is 0 Å². The van der Waals surface area contributed by atoms with Crippen LogP contribution in [0, 0.1) is 12.8 Å². The maximum atomic E-state index is 5.49. The van der Waals surface area contributed by atoms with Crippen LogP contribution < -0.4 is 11.1 Å². The molecule has 1 heterocycles. The average molecular weight is 272 g/mol. The van der Waals surface area contributed by atoms with Crippen molar-refractivity contribution in [1.82, 2.24) is 4.98 Å². The van der Waals surface area contributed by atoms with Crippen molar-refractivity contribution in [2.45, 2.75) is 20.3 Å². The molecule has 1 atom stereocenters. The van der Waals surface area contributed by atoms with Crippen LogP contribution in [0.15, 0.2) is 16.6 Å². The first-order valence-electron chi connectivity index (χ1n) is 5.20. The van der Waals surface area contributed by atoms with Crippen LogP contribution in [-0.4, -0.2) is 18.1 Å². The van der Waals surface area contributed by atoms with Gasteiger partial charge in [0.1, 0.15) is 5.82 Å². The number of anilines is 1. The Hall–Kier alpha value is -0.610. The lowest BCUT2D eigenvalue weighted by atomic mass is 10.1. The van der Waals surface area contributed by atoms with Gasteiger partial charge in [-0.3, -0.25) is 0 Å². The van der Waals surface area contributed by atoms with Crippen LogP contribution in [-0.2, 0) is 0 Å². The molecule has 0 aromatic carbocycles. The molecule has 0 saturated carbocycles. The minimum atomic E-state index is 0.584. The summed E-state index contributed by atoms with van der Waals surface area (Å²) in [5.74, 6) is 1.51. The summed E-state index contributed by atoms with van der Waals surface area (Å²) in [6.45, 7) is 5.84. The van der Waals surface area contributed by atoms with E-state index in [0.717, 1.165) is 35.5 Å². The zero-order valence-corrected chi connectivity index (χ0v) is 10.8. The van der Waals surface area contributed by atoms with Gasteiger partial charge in [0, 0.05) is 11.0 Å². The van der Waals surface area contributed by atoms with Crippen LogP contribution in [0.5, 0.6) is 0 Å². The van der Waals surface area contributed by atoms with Crippen molar-refractivity contribution in [3.8, 4) is 0 Å². The normalized spacial score (nSPS) is 12.5. The van der Waals surface area contributed by atoms with Gasteiger partial charge >= 0.3 is 0 Å². The summed E-state index contributed by atoms with van der Waals surface area (Å²) in [4.78, 5) is 4.42. The molecule has 0 saturated heterocycles. The molecule has 84 valence electrons. The predicted octanol–water partition coefficient (Wildman–Crippen LogP) is 2.55. The topological polar surface area (TPSA) is 50.9 Å². The van der Waals surface area contributed by atoms with Gasteiger partial charge in [-0.15, -0.1) is 0 Å². The lowest BCUT2D eigenvalue weighted by Gasteiger charge is -2.12. The highest BCUT2D eigenvalue weighted by Gasteiger charge is 2.02. The third-order valence-corrected chi connectivity index (χ3v) is 3.15. The molecule has 1 rings (SSSR count). The lowest BCUT2D eigenvalue weighted by Crippen LogP contribution is -2.15. The van der Waals surface area contributed by atoms with E-state index in [0.29, 0.717) is 5.92 Å². The number of aryl methyl sites for hydroxylation is 1. The Bertz CT molecular complexity index is 315. The molecule has 4 heteroatoms. The molecule has 3 N–H and O–H groups in total. The van der Waals surface area contributed by atoms with Crippen molar-refractivity contribution < 1.29 is 0 Å². The second-order valence-corrected chi connectivity index (χ2v) is 4.68. The fraction of sp³-hybridized carbons (Fsp3) is 0.545. The summed E-state index contributed by atoms with van der Waals surface area (Å²) in [6.07, 6.45) is 1.04. The van der Waals surface area contributed by atoms with Crippen molar-refractivity contribution in [3.05, 3.63) is 22.3 Å². The average Bonchev–Trinajstić information content (AvgIpc) is 2.20. The quantitative estimate of drug-likeness (QED) is 0.866. The number of hydrogen-bond donors (Lipinski definition) is 2. The van der Waals surface area contributed by atoms with Gasteiger partial charge in [0.15, 0.2) is 0 Å². The van der Waals surface area contributed by atoms with E-state index in [-0.39, 0.29) is 0 Å². The van der Waals surface area contributed by atoms with Gasteiger partial charge in [-0.25, -0.2) is 4.98 Å². The molecule has 0 aliphatic carbocycles. The molecule has 1 aromatic heterocycles. The number of hydrogen-bond acceptors (Lipinski definition) is 3. The predicted molar refractivity (Wildman–Crippen MR) is 68.0 cm³/mol. The second-order valence-electron chi connectivity index (χ2n) is 3.83. The first-order valence-corrected chi connectivity index (χ1v) is 6.00. The zero-order valence-electron chi connectivity index (χ0n) is 9.26. The van der Waals surface area contributed by atoms with Gasteiger partial charge < -0.3 is 11.1 Å². The number of halogens is 1. The molecule has 1 unspecified atom stereocenters. The van der Waals surface area contributed by atoms with Gasteiger partial charge in [-0.1, -0.05) is 6.92 Å². The fourth-order valence-corrected chi connectivity index (χ4v) is 1.53. The van der Waals surface area contributed by atoms with Gasteiger partial charge in [-0.05, 0) is 53.9 Å². The number of nitrogens with zero attached hydrogens (tertiary/aromatic N) is 1. The molecule has 0 bridgehead atoms. The number of pyridine rings is 1. The maximum Gasteiger partial charge on any atom is 0.126 e. The maximum absolute atomic E-state index is 5.49. The van der Waals surface area contributed by atoms with Crippen LogP contribution in [0.2, 0.25) is 0 Å². The molecule has 1 aromatic rings. The molecular weight excluding hydrogens is 254 g/mol. The van der Waals surface area contributed by atoms with Crippen molar-refractivity contribution in [3.63, 3.8) is 0 Å². The van der Waals surface area contributed by atoms with Crippen molar-refractivity contribution >= 4 is 21.7 Å². The van der Waals surface area contributed by atoms with Crippen molar-refractivity contribution in [2.24, 2.45) is 11.7 Å². The van der Waals surface area contributed by atoms with Gasteiger partial charge in [0.05, 0.1) is 5.69 Å². The highest BCUT2D eigenvalue weighted by Crippen LogP contribution is 2.16. The van der Waals surface area contributed by atoms with Crippen LogP contribution in [0.25, 0.3) is 0 Å². The number of aromatic nitrogens is 1. The van der Waals surface area contributed by atoms with E-state index in [9.17, 15) is 0 Å². The molecule has 0 fully saturated rings.